The van der Waals surface area contributed by atoms with Crippen LogP contribution in [0.25, 0.3) is 0 Å². The van der Waals surface area contributed by atoms with Crippen LogP contribution < -0.4 is 0 Å². The van der Waals surface area contributed by atoms with E-state index in [-0.39, 0.29) is 12.4 Å². The van der Waals surface area contributed by atoms with Crippen molar-refractivity contribution < 1.29 is 9.90 Å². The molecule has 0 heterocycles. The van der Waals surface area contributed by atoms with Crippen molar-refractivity contribution in [2.24, 2.45) is 0 Å². The number of rotatable bonds is 3. The summed E-state index contributed by atoms with van der Waals surface area (Å²) in [5.41, 5.74) is 1.86. The first-order chi connectivity index (χ1) is 6.54. The number of carboxylic acid groups (broad SMARTS) is 1. The Balaban J connectivity index is 0.00000196. The Morgan fingerprint density at radius 1 is 1.33 bits per heavy atom. The zero-order chi connectivity index (χ0) is 10.7. The summed E-state index contributed by atoms with van der Waals surface area (Å²) in [5.74, 6) is -0.815. The maximum absolute atomic E-state index is 11.1. The van der Waals surface area contributed by atoms with Crippen molar-refractivity contribution in [1.29, 1.82) is 0 Å². The molecule has 1 aromatic rings. The third-order valence-corrected chi connectivity index (χ3v) is 2.23. The van der Waals surface area contributed by atoms with Gasteiger partial charge in [0.2, 0.25) is 0 Å². The Labute approximate surface area is 96.1 Å². The molecular formula is C11H16ClNO2. The highest BCUT2D eigenvalue weighted by Crippen LogP contribution is 2.21. The minimum absolute atomic E-state index is 0. The molecule has 0 radical (unpaired) electrons. The van der Waals surface area contributed by atoms with E-state index in [0.29, 0.717) is 0 Å². The zero-order valence-electron chi connectivity index (χ0n) is 9.10. The fourth-order valence-corrected chi connectivity index (χ4v) is 1.53. The lowest BCUT2D eigenvalue weighted by Gasteiger charge is -2.21. The summed E-state index contributed by atoms with van der Waals surface area (Å²) in [7, 11) is 3.54. The molecule has 1 N–H and O–H groups in total. The normalized spacial score (nSPS) is 12.0. The topological polar surface area (TPSA) is 40.5 Å². The second kappa shape index (κ2) is 5.73. The monoisotopic (exact) mass is 229 g/mol. The predicted molar refractivity (Wildman–Crippen MR) is 62.5 cm³/mol. The minimum atomic E-state index is -0.815. The summed E-state index contributed by atoms with van der Waals surface area (Å²) in [6.07, 6.45) is 0. The van der Waals surface area contributed by atoms with Crippen LogP contribution in [0.5, 0.6) is 0 Å². The minimum Gasteiger partial charge on any atom is -0.480 e. The highest BCUT2D eigenvalue weighted by Gasteiger charge is 2.22. The van der Waals surface area contributed by atoms with Crippen LogP contribution in [0, 0.1) is 6.92 Å². The lowest BCUT2D eigenvalue weighted by molar-refractivity contribution is -0.142. The van der Waals surface area contributed by atoms with Crippen molar-refractivity contribution in [3.63, 3.8) is 0 Å². The Kier molecular flexibility index (Phi) is 5.33. The van der Waals surface area contributed by atoms with Crippen molar-refractivity contribution in [3.8, 4) is 0 Å². The van der Waals surface area contributed by atoms with Crippen LogP contribution in [-0.2, 0) is 4.79 Å². The maximum atomic E-state index is 11.1. The summed E-state index contributed by atoms with van der Waals surface area (Å²) in [6.45, 7) is 1.93. The Bertz CT molecular complexity index is 339. The van der Waals surface area contributed by atoms with Crippen LogP contribution >= 0.6 is 12.4 Å². The number of aryl methyl sites for hydroxylation is 1. The molecule has 84 valence electrons. The van der Waals surface area contributed by atoms with E-state index in [2.05, 4.69) is 0 Å². The highest BCUT2D eigenvalue weighted by molar-refractivity contribution is 5.85. The van der Waals surface area contributed by atoms with E-state index in [9.17, 15) is 4.79 Å². The molecule has 0 aliphatic heterocycles. The van der Waals surface area contributed by atoms with Gasteiger partial charge in [-0.25, -0.2) is 0 Å². The van der Waals surface area contributed by atoms with Crippen molar-refractivity contribution in [3.05, 3.63) is 35.4 Å². The fraction of sp³-hybridized carbons (Fsp3) is 0.364. The molecule has 1 aromatic carbocycles. The van der Waals surface area contributed by atoms with Gasteiger partial charge in [0.25, 0.3) is 0 Å². The second-order valence-electron chi connectivity index (χ2n) is 3.56. The van der Waals surface area contributed by atoms with E-state index >= 15 is 0 Å². The number of aliphatic carboxylic acids is 1. The number of nitrogens with zero attached hydrogens (tertiary/aromatic N) is 1. The number of halogens is 1. The molecule has 0 aliphatic rings. The molecule has 0 amide bonds. The molecule has 1 unspecified atom stereocenters. The van der Waals surface area contributed by atoms with Crippen LogP contribution in [0.3, 0.4) is 0 Å². The molecule has 0 saturated carbocycles. The number of carboxylic acids is 1. The molecule has 0 saturated heterocycles. The Morgan fingerprint density at radius 3 is 2.27 bits per heavy atom. The number of carbonyl (C=O) groups is 1. The standard InChI is InChI=1S/C11H15NO2.ClH/c1-8-6-4-5-7-9(8)10(11(13)14)12(2)3;/h4-7,10H,1-3H3,(H,13,14);1H. The lowest BCUT2D eigenvalue weighted by atomic mass is 10.0. The SMILES string of the molecule is Cc1ccccc1C(C(=O)O)N(C)C.Cl. The van der Waals surface area contributed by atoms with Gasteiger partial charge < -0.3 is 5.11 Å². The van der Waals surface area contributed by atoms with Crippen LogP contribution in [-0.4, -0.2) is 30.1 Å². The molecule has 0 bridgehead atoms. The van der Waals surface area contributed by atoms with E-state index in [1.807, 2.05) is 31.2 Å². The van der Waals surface area contributed by atoms with E-state index < -0.39 is 12.0 Å². The highest BCUT2D eigenvalue weighted by atomic mass is 35.5. The molecule has 4 heteroatoms. The molecule has 0 fully saturated rings. The molecule has 1 atom stereocenters. The predicted octanol–water partition coefficient (Wildman–Crippen LogP) is 2.10. The lowest BCUT2D eigenvalue weighted by Crippen LogP contribution is -2.27. The summed E-state index contributed by atoms with van der Waals surface area (Å²) in [5, 5.41) is 9.08. The van der Waals surface area contributed by atoms with Crippen molar-refractivity contribution in [2.45, 2.75) is 13.0 Å². The summed E-state index contributed by atoms with van der Waals surface area (Å²) >= 11 is 0. The van der Waals surface area contributed by atoms with E-state index in [0.717, 1.165) is 11.1 Å². The van der Waals surface area contributed by atoms with Crippen LogP contribution in [0.15, 0.2) is 24.3 Å². The van der Waals surface area contributed by atoms with Gasteiger partial charge in [0.1, 0.15) is 6.04 Å². The Morgan fingerprint density at radius 2 is 1.87 bits per heavy atom. The number of benzene rings is 1. The molecule has 3 nitrogen and oxygen atoms in total. The zero-order valence-corrected chi connectivity index (χ0v) is 9.91. The summed E-state index contributed by atoms with van der Waals surface area (Å²) in [6, 6.07) is 6.99. The van der Waals surface area contributed by atoms with Crippen molar-refractivity contribution in [1.82, 2.24) is 4.90 Å². The van der Waals surface area contributed by atoms with Gasteiger partial charge >= 0.3 is 5.97 Å². The largest absolute Gasteiger partial charge is 0.480 e. The van der Waals surface area contributed by atoms with Crippen molar-refractivity contribution in [2.75, 3.05) is 14.1 Å². The molecular weight excluding hydrogens is 214 g/mol. The average molecular weight is 230 g/mol. The quantitative estimate of drug-likeness (QED) is 0.863. The molecule has 0 aromatic heterocycles. The third-order valence-electron chi connectivity index (χ3n) is 2.23. The van der Waals surface area contributed by atoms with Crippen molar-refractivity contribution >= 4 is 18.4 Å². The van der Waals surface area contributed by atoms with Gasteiger partial charge in [-0.2, -0.15) is 0 Å². The van der Waals surface area contributed by atoms with Gasteiger partial charge in [-0.05, 0) is 32.1 Å². The molecule has 0 spiro atoms. The van der Waals surface area contributed by atoms with Gasteiger partial charge in [-0.15, -0.1) is 12.4 Å². The second-order valence-corrected chi connectivity index (χ2v) is 3.56. The first-order valence-corrected chi connectivity index (χ1v) is 4.49. The van der Waals surface area contributed by atoms with E-state index in [1.165, 1.54) is 0 Å². The van der Waals surface area contributed by atoms with Gasteiger partial charge in [0.15, 0.2) is 0 Å². The molecule has 15 heavy (non-hydrogen) atoms. The van der Waals surface area contributed by atoms with Crippen LogP contribution in [0.1, 0.15) is 17.2 Å². The van der Waals surface area contributed by atoms with Gasteiger partial charge in [-0.3, -0.25) is 9.69 Å². The number of hydrogen-bond acceptors (Lipinski definition) is 2. The Hall–Kier alpha value is -1.06. The number of likely N-dealkylation sites (N-methyl/N-ethyl adjacent to an activating group) is 1. The maximum Gasteiger partial charge on any atom is 0.325 e. The third kappa shape index (κ3) is 3.22. The van der Waals surface area contributed by atoms with Crippen LogP contribution in [0.4, 0.5) is 0 Å². The smallest absolute Gasteiger partial charge is 0.325 e. The van der Waals surface area contributed by atoms with E-state index in [4.69, 9.17) is 5.11 Å². The number of hydrogen-bond donors (Lipinski definition) is 1. The molecule has 0 aliphatic carbocycles. The van der Waals surface area contributed by atoms with Gasteiger partial charge in [0, 0.05) is 0 Å². The van der Waals surface area contributed by atoms with E-state index in [1.54, 1.807) is 19.0 Å². The molecule has 1 rings (SSSR count). The fourth-order valence-electron chi connectivity index (χ4n) is 1.53. The summed E-state index contributed by atoms with van der Waals surface area (Å²) in [4.78, 5) is 12.8. The van der Waals surface area contributed by atoms with Crippen LogP contribution in [0.2, 0.25) is 0 Å². The average Bonchev–Trinajstić information content (AvgIpc) is 2.07. The first-order valence-electron chi connectivity index (χ1n) is 4.49. The van der Waals surface area contributed by atoms with Gasteiger partial charge in [-0.1, -0.05) is 24.3 Å². The van der Waals surface area contributed by atoms with Gasteiger partial charge in [0.05, 0.1) is 0 Å². The summed E-state index contributed by atoms with van der Waals surface area (Å²) < 4.78 is 0. The first kappa shape index (κ1) is 13.9.